The number of tetrazole rings is 1. The van der Waals surface area contributed by atoms with Crippen LogP contribution in [0.4, 0.5) is 5.69 Å². The molecule has 0 saturated carbocycles. The van der Waals surface area contributed by atoms with Crippen LogP contribution in [0.2, 0.25) is 0 Å². The lowest BCUT2D eigenvalue weighted by atomic mass is 10.3. The monoisotopic (exact) mass is 295 g/mol. The molecular formula is C15H13N5O2. The van der Waals surface area contributed by atoms with E-state index in [-0.39, 0.29) is 11.9 Å². The molecule has 3 aromatic rings. The molecule has 0 aliphatic rings. The number of aromatic nitrogens is 4. The summed E-state index contributed by atoms with van der Waals surface area (Å²) in [6.07, 6.45) is 0. The summed E-state index contributed by atoms with van der Waals surface area (Å²) in [6, 6.07) is 16.7. The molecule has 1 heterocycles. The van der Waals surface area contributed by atoms with Crippen LogP contribution in [-0.2, 0) is 4.79 Å². The zero-order valence-corrected chi connectivity index (χ0v) is 11.8. The van der Waals surface area contributed by atoms with E-state index in [0.717, 1.165) is 5.69 Å². The van der Waals surface area contributed by atoms with E-state index in [4.69, 9.17) is 4.74 Å². The number of benzene rings is 2. The summed E-state index contributed by atoms with van der Waals surface area (Å²) >= 11 is 0. The fourth-order valence-electron chi connectivity index (χ4n) is 1.92. The molecule has 0 saturated heterocycles. The summed E-state index contributed by atoms with van der Waals surface area (Å²) in [7, 11) is 0. The summed E-state index contributed by atoms with van der Waals surface area (Å²) in [5.74, 6) is 0.379. The van der Waals surface area contributed by atoms with Gasteiger partial charge in [-0.2, -0.15) is 4.68 Å². The van der Waals surface area contributed by atoms with Crippen molar-refractivity contribution in [1.82, 2.24) is 20.2 Å². The second-order valence-electron chi connectivity index (χ2n) is 4.52. The van der Waals surface area contributed by atoms with Gasteiger partial charge in [-0.1, -0.05) is 29.4 Å². The maximum atomic E-state index is 11.1. The van der Waals surface area contributed by atoms with Gasteiger partial charge >= 0.3 is 6.01 Å². The van der Waals surface area contributed by atoms with Gasteiger partial charge in [-0.3, -0.25) is 4.79 Å². The van der Waals surface area contributed by atoms with E-state index < -0.39 is 0 Å². The minimum atomic E-state index is -0.147. The number of para-hydroxylation sites is 1. The predicted molar refractivity (Wildman–Crippen MR) is 80.0 cm³/mol. The van der Waals surface area contributed by atoms with Crippen molar-refractivity contribution in [3.8, 4) is 17.4 Å². The van der Waals surface area contributed by atoms with Crippen molar-refractivity contribution < 1.29 is 9.53 Å². The molecule has 0 aliphatic heterocycles. The maximum Gasteiger partial charge on any atom is 0.345 e. The molecular weight excluding hydrogens is 282 g/mol. The fourth-order valence-corrected chi connectivity index (χ4v) is 1.92. The Bertz CT molecular complexity index is 785. The number of nitrogens with zero attached hydrogens (tertiary/aromatic N) is 4. The lowest BCUT2D eigenvalue weighted by Gasteiger charge is -2.07. The number of rotatable bonds is 4. The zero-order valence-electron chi connectivity index (χ0n) is 11.8. The van der Waals surface area contributed by atoms with Gasteiger partial charge in [-0.15, -0.1) is 0 Å². The topological polar surface area (TPSA) is 81.9 Å². The van der Waals surface area contributed by atoms with Crippen molar-refractivity contribution >= 4 is 11.6 Å². The van der Waals surface area contributed by atoms with Crippen LogP contribution >= 0.6 is 0 Å². The number of ether oxygens (including phenoxy) is 1. The van der Waals surface area contributed by atoms with Crippen molar-refractivity contribution in [2.24, 2.45) is 0 Å². The first-order valence-electron chi connectivity index (χ1n) is 6.62. The second-order valence-corrected chi connectivity index (χ2v) is 4.52. The van der Waals surface area contributed by atoms with Gasteiger partial charge in [0.25, 0.3) is 0 Å². The molecule has 1 amide bonds. The first kappa shape index (κ1) is 13.7. The third kappa shape index (κ3) is 3.09. The van der Waals surface area contributed by atoms with Gasteiger partial charge in [0.15, 0.2) is 0 Å². The molecule has 0 fully saturated rings. The summed E-state index contributed by atoms with van der Waals surface area (Å²) in [5.41, 5.74) is 1.43. The minimum Gasteiger partial charge on any atom is -0.423 e. The van der Waals surface area contributed by atoms with Gasteiger partial charge < -0.3 is 10.1 Å². The quantitative estimate of drug-likeness (QED) is 0.799. The van der Waals surface area contributed by atoms with Gasteiger partial charge in [-0.05, 0) is 34.7 Å². The molecule has 0 spiro atoms. The van der Waals surface area contributed by atoms with Gasteiger partial charge in [-0.25, -0.2) is 0 Å². The maximum absolute atomic E-state index is 11.1. The Labute approximate surface area is 126 Å². The van der Waals surface area contributed by atoms with Crippen LogP contribution in [0.25, 0.3) is 5.69 Å². The molecule has 0 aliphatic carbocycles. The van der Waals surface area contributed by atoms with E-state index in [1.165, 1.54) is 11.6 Å². The number of amides is 1. The Morgan fingerprint density at radius 1 is 1.14 bits per heavy atom. The van der Waals surface area contributed by atoms with E-state index >= 15 is 0 Å². The van der Waals surface area contributed by atoms with Crippen molar-refractivity contribution in [1.29, 1.82) is 0 Å². The van der Waals surface area contributed by atoms with Crippen LogP contribution in [0.1, 0.15) is 6.92 Å². The highest BCUT2D eigenvalue weighted by atomic mass is 16.5. The normalized spacial score (nSPS) is 10.2. The van der Waals surface area contributed by atoms with E-state index in [1.54, 1.807) is 24.3 Å². The Morgan fingerprint density at radius 3 is 2.73 bits per heavy atom. The molecule has 0 bridgehead atoms. The summed E-state index contributed by atoms with van der Waals surface area (Å²) < 4.78 is 7.19. The van der Waals surface area contributed by atoms with Crippen molar-refractivity contribution in [2.45, 2.75) is 6.92 Å². The Hall–Kier alpha value is -3.22. The number of hydrogen-bond donors (Lipinski definition) is 1. The summed E-state index contributed by atoms with van der Waals surface area (Å²) in [6.45, 7) is 1.45. The molecule has 0 unspecified atom stereocenters. The van der Waals surface area contributed by atoms with Crippen molar-refractivity contribution in [2.75, 3.05) is 5.32 Å². The van der Waals surface area contributed by atoms with Crippen molar-refractivity contribution in [3.05, 3.63) is 54.6 Å². The van der Waals surface area contributed by atoms with E-state index in [2.05, 4.69) is 20.8 Å². The lowest BCUT2D eigenvalue weighted by molar-refractivity contribution is -0.114. The average molecular weight is 295 g/mol. The fraction of sp³-hybridized carbons (Fsp3) is 0.0667. The van der Waals surface area contributed by atoms with Crippen molar-refractivity contribution in [3.63, 3.8) is 0 Å². The van der Waals surface area contributed by atoms with Gasteiger partial charge in [0.05, 0.1) is 5.69 Å². The SMILES string of the molecule is CC(=O)Nc1cccc(Oc2nnnn2-c2ccccc2)c1. The highest BCUT2D eigenvalue weighted by Gasteiger charge is 2.10. The first-order valence-corrected chi connectivity index (χ1v) is 6.62. The molecule has 0 atom stereocenters. The molecule has 2 aromatic carbocycles. The van der Waals surface area contributed by atoms with Gasteiger partial charge in [0.1, 0.15) is 5.75 Å². The highest BCUT2D eigenvalue weighted by molar-refractivity contribution is 5.88. The van der Waals surface area contributed by atoms with E-state index in [0.29, 0.717) is 11.4 Å². The molecule has 1 N–H and O–H groups in total. The van der Waals surface area contributed by atoms with Crippen LogP contribution in [-0.4, -0.2) is 26.1 Å². The van der Waals surface area contributed by atoms with Crippen LogP contribution in [0.5, 0.6) is 11.8 Å². The highest BCUT2D eigenvalue weighted by Crippen LogP contribution is 2.23. The van der Waals surface area contributed by atoms with Gasteiger partial charge in [0.2, 0.25) is 5.91 Å². The Morgan fingerprint density at radius 2 is 1.95 bits per heavy atom. The third-order valence-corrected chi connectivity index (χ3v) is 2.81. The second kappa shape index (κ2) is 6.04. The molecule has 7 heteroatoms. The molecule has 1 aromatic heterocycles. The number of anilines is 1. The standard InChI is InChI=1S/C15H13N5O2/c1-11(21)16-12-6-5-9-14(10-12)22-15-17-18-19-20(15)13-7-3-2-4-8-13/h2-10H,1H3,(H,16,21). The van der Waals surface area contributed by atoms with Crippen LogP contribution in [0.3, 0.4) is 0 Å². The molecule has 0 radical (unpaired) electrons. The van der Waals surface area contributed by atoms with Crippen LogP contribution in [0, 0.1) is 0 Å². The minimum absolute atomic E-state index is 0.147. The smallest absolute Gasteiger partial charge is 0.345 e. The molecule has 110 valence electrons. The lowest BCUT2D eigenvalue weighted by Crippen LogP contribution is -2.05. The number of carbonyl (C=O) groups is 1. The summed E-state index contributed by atoms with van der Waals surface area (Å²) in [4.78, 5) is 11.1. The number of nitrogens with one attached hydrogen (secondary N) is 1. The molecule has 22 heavy (non-hydrogen) atoms. The predicted octanol–water partition coefficient (Wildman–Crippen LogP) is 2.41. The Kier molecular flexibility index (Phi) is 3.78. The Balaban J connectivity index is 1.86. The third-order valence-electron chi connectivity index (χ3n) is 2.81. The van der Waals surface area contributed by atoms with E-state index in [9.17, 15) is 4.79 Å². The molecule has 7 nitrogen and oxygen atoms in total. The first-order chi connectivity index (χ1) is 10.7. The molecule has 3 rings (SSSR count). The van der Waals surface area contributed by atoms with Gasteiger partial charge in [0, 0.05) is 18.7 Å². The largest absolute Gasteiger partial charge is 0.423 e. The number of hydrogen-bond acceptors (Lipinski definition) is 5. The zero-order chi connectivity index (χ0) is 15.4. The van der Waals surface area contributed by atoms with E-state index in [1.807, 2.05) is 30.3 Å². The summed E-state index contributed by atoms with van der Waals surface area (Å²) in [5, 5.41) is 14.1. The average Bonchev–Trinajstić information content (AvgIpc) is 2.96. The number of carbonyl (C=O) groups excluding carboxylic acids is 1. The van der Waals surface area contributed by atoms with Crippen LogP contribution < -0.4 is 10.1 Å². The van der Waals surface area contributed by atoms with Crippen LogP contribution in [0.15, 0.2) is 54.6 Å².